The second kappa shape index (κ2) is 8.79. The molecule has 0 saturated heterocycles. The summed E-state index contributed by atoms with van der Waals surface area (Å²) in [6, 6.07) is 37.9. The average Bonchev–Trinajstić information content (AvgIpc) is 3.75. The highest BCUT2D eigenvalue weighted by molar-refractivity contribution is 7.08. The minimum Gasteiger partial charge on any atom is -0.436 e. The zero-order valence-electron chi connectivity index (χ0n) is 20.8. The highest BCUT2D eigenvalue weighted by Gasteiger charge is 2.17. The van der Waals surface area contributed by atoms with Gasteiger partial charge in [-0.3, -0.25) is 4.98 Å². The summed E-state index contributed by atoms with van der Waals surface area (Å²) in [4.78, 5) is 9.35. The number of para-hydroxylation sites is 2. The van der Waals surface area contributed by atoms with Crippen LogP contribution in [0.5, 0.6) is 0 Å². The number of hydrogen-bond donors (Lipinski definition) is 0. The molecule has 0 saturated carbocycles. The van der Waals surface area contributed by atoms with Gasteiger partial charge in [-0.15, -0.1) is 0 Å². The predicted molar refractivity (Wildman–Crippen MR) is 160 cm³/mol. The van der Waals surface area contributed by atoms with Crippen LogP contribution in [0.4, 0.5) is 0 Å². The molecule has 8 rings (SSSR count). The van der Waals surface area contributed by atoms with Gasteiger partial charge in [0.05, 0.1) is 16.7 Å². The maximum absolute atomic E-state index is 6.14. The Kier molecular flexibility index (Phi) is 4.96. The Morgan fingerprint density at radius 1 is 0.641 bits per heavy atom. The summed E-state index contributed by atoms with van der Waals surface area (Å²) in [6.45, 7) is 0. The summed E-state index contributed by atoms with van der Waals surface area (Å²) < 4.78 is 8.49. The lowest BCUT2D eigenvalue weighted by Gasteiger charge is -2.11. The summed E-state index contributed by atoms with van der Waals surface area (Å²) in [5.41, 5.74) is 10.4. The first-order valence-electron chi connectivity index (χ1n) is 12.8. The Hall–Kier alpha value is -5.00. The van der Waals surface area contributed by atoms with E-state index in [1.54, 1.807) is 11.3 Å². The van der Waals surface area contributed by atoms with Gasteiger partial charge < -0.3 is 8.98 Å². The Morgan fingerprint density at radius 2 is 1.46 bits per heavy atom. The molecule has 0 amide bonds. The summed E-state index contributed by atoms with van der Waals surface area (Å²) in [5.74, 6) is 0.621. The molecular formula is C34H21N3OS. The van der Waals surface area contributed by atoms with Crippen molar-refractivity contribution < 1.29 is 4.42 Å². The van der Waals surface area contributed by atoms with Gasteiger partial charge in [0.25, 0.3) is 0 Å². The van der Waals surface area contributed by atoms with Crippen molar-refractivity contribution in [3.63, 3.8) is 0 Å². The number of thiophene rings is 1. The van der Waals surface area contributed by atoms with Crippen molar-refractivity contribution in [3.8, 4) is 39.5 Å². The molecule has 39 heavy (non-hydrogen) atoms. The number of aromatic nitrogens is 3. The van der Waals surface area contributed by atoms with Crippen LogP contribution in [0.3, 0.4) is 0 Å². The quantitative estimate of drug-likeness (QED) is 0.233. The van der Waals surface area contributed by atoms with Gasteiger partial charge in [0.1, 0.15) is 5.52 Å². The summed E-state index contributed by atoms with van der Waals surface area (Å²) in [6.07, 6.45) is 1.84. The van der Waals surface area contributed by atoms with Crippen LogP contribution in [-0.2, 0) is 0 Å². The molecule has 4 aromatic carbocycles. The first-order valence-corrected chi connectivity index (χ1v) is 13.7. The fourth-order valence-corrected chi connectivity index (χ4v) is 6.04. The fourth-order valence-electron chi connectivity index (χ4n) is 5.37. The number of rotatable bonds is 4. The largest absolute Gasteiger partial charge is 0.436 e. The molecule has 8 aromatic rings. The van der Waals surface area contributed by atoms with Gasteiger partial charge in [-0.05, 0) is 82.6 Å². The zero-order chi connectivity index (χ0) is 25.8. The third kappa shape index (κ3) is 3.67. The predicted octanol–water partition coefficient (Wildman–Crippen LogP) is 9.38. The molecule has 4 heterocycles. The van der Waals surface area contributed by atoms with Crippen LogP contribution in [0.15, 0.2) is 131 Å². The smallest absolute Gasteiger partial charge is 0.227 e. The Morgan fingerprint density at radius 3 is 2.26 bits per heavy atom. The number of hydrogen-bond acceptors (Lipinski definition) is 4. The lowest BCUT2D eigenvalue weighted by molar-refractivity contribution is 0.620. The second-order valence-electron chi connectivity index (χ2n) is 9.56. The number of benzene rings is 4. The van der Waals surface area contributed by atoms with Crippen LogP contribution in [0.1, 0.15) is 0 Å². The molecule has 5 heteroatoms. The van der Waals surface area contributed by atoms with E-state index in [0.29, 0.717) is 5.89 Å². The van der Waals surface area contributed by atoms with Gasteiger partial charge in [-0.25, -0.2) is 4.98 Å². The molecule has 4 nitrogen and oxygen atoms in total. The van der Waals surface area contributed by atoms with Crippen molar-refractivity contribution >= 4 is 44.2 Å². The topological polar surface area (TPSA) is 43.9 Å². The van der Waals surface area contributed by atoms with Gasteiger partial charge in [0.15, 0.2) is 5.58 Å². The molecule has 0 radical (unpaired) electrons. The molecule has 0 fully saturated rings. The normalized spacial score (nSPS) is 11.6. The van der Waals surface area contributed by atoms with Gasteiger partial charge in [0, 0.05) is 33.8 Å². The van der Waals surface area contributed by atoms with Crippen LogP contribution in [-0.4, -0.2) is 14.5 Å². The monoisotopic (exact) mass is 519 g/mol. The molecule has 0 bridgehead atoms. The SMILES string of the molecule is c1ccc(-c2cccc(-n3c4cc(-c5ccsc5)ccc4c4ccc(-c5nc6ccccc6o5)cc43)c2)nc1. The third-order valence-corrected chi connectivity index (χ3v) is 7.91. The van der Waals surface area contributed by atoms with Crippen molar-refractivity contribution in [2.75, 3.05) is 0 Å². The fraction of sp³-hybridized carbons (Fsp3) is 0. The molecule has 0 atom stereocenters. The Labute approximate surface area is 228 Å². The molecule has 0 aliphatic carbocycles. The van der Waals surface area contributed by atoms with Crippen molar-refractivity contribution in [1.29, 1.82) is 0 Å². The number of nitrogens with zero attached hydrogens (tertiary/aromatic N) is 3. The van der Waals surface area contributed by atoms with Crippen LogP contribution in [0, 0.1) is 0 Å². The van der Waals surface area contributed by atoms with E-state index in [9.17, 15) is 0 Å². The van der Waals surface area contributed by atoms with E-state index in [0.717, 1.165) is 44.6 Å². The third-order valence-electron chi connectivity index (χ3n) is 7.23. The minimum absolute atomic E-state index is 0.621. The van der Waals surface area contributed by atoms with Crippen molar-refractivity contribution in [2.24, 2.45) is 0 Å². The molecule has 4 aromatic heterocycles. The van der Waals surface area contributed by atoms with Gasteiger partial charge in [-0.2, -0.15) is 11.3 Å². The summed E-state index contributed by atoms with van der Waals surface area (Å²) in [7, 11) is 0. The molecule has 0 unspecified atom stereocenters. The standard InChI is InChI=1S/C34H21N3OS/c1-2-10-33-30(9-1)36-34(38-33)24-12-14-28-27-13-11-22(25-15-17-39-21-25)19-31(27)37(32(28)20-24)26-7-5-6-23(18-26)29-8-3-4-16-35-29/h1-21H. The lowest BCUT2D eigenvalue weighted by atomic mass is 10.1. The van der Waals surface area contributed by atoms with E-state index in [2.05, 4.69) is 87.0 Å². The molecule has 184 valence electrons. The number of oxazole rings is 1. The Bertz CT molecular complexity index is 2090. The lowest BCUT2D eigenvalue weighted by Crippen LogP contribution is -1.95. The van der Waals surface area contributed by atoms with Crippen LogP contribution in [0.25, 0.3) is 72.4 Å². The van der Waals surface area contributed by atoms with Crippen molar-refractivity contribution in [2.45, 2.75) is 0 Å². The molecule has 0 N–H and O–H groups in total. The molecule has 0 spiro atoms. The second-order valence-corrected chi connectivity index (χ2v) is 10.3. The van der Waals surface area contributed by atoms with Gasteiger partial charge in [0.2, 0.25) is 5.89 Å². The molecule has 0 aliphatic rings. The van der Waals surface area contributed by atoms with E-state index >= 15 is 0 Å². The number of pyridine rings is 1. The van der Waals surface area contributed by atoms with Crippen LogP contribution in [0.2, 0.25) is 0 Å². The first kappa shape index (κ1) is 22.0. The maximum atomic E-state index is 6.14. The zero-order valence-corrected chi connectivity index (χ0v) is 21.6. The Balaban J connectivity index is 1.40. The van der Waals surface area contributed by atoms with E-state index < -0.39 is 0 Å². The van der Waals surface area contributed by atoms with E-state index in [-0.39, 0.29) is 0 Å². The number of fused-ring (bicyclic) bond motifs is 4. The van der Waals surface area contributed by atoms with Crippen molar-refractivity contribution in [3.05, 3.63) is 126 Å². The van der Waals surface area contributed by atoms with Crippen LogP contribution >= 0.6 is 11.3 Å². The average molecular weight is 520 g/mol. The molecular weight excluding hydrogens is 498 g/mol. The highest BCUT2D eigenvalue weighted by atomic mass is 32.1. The van der Waals surface area contributed by atoms with E-state index in [1.807, 2.05) is 48.7 Å². The van der Waals surface area contributed by atoms with E-state index in [4.69, 9.17) is 9.40 Å². The molecule has 0 aliphatic heterocycles. The minimum atomic E-state index is 0.621. The summed E-state index contributed by atoms with van der Waals surface area (Å²) in [5, 5.41) is 6.71. The van der Waals surface area contributed by atoms with Crippen LogP contribution < -0.4 is 0 Å². The maximum Gasteiger partial charge on any atom is 0.227 e. The van der Waals surface area contributed by atoms with Crippen molar-refractivity contribution in [1.82, 2.24) is 14.5 Å². The first-order chi connectivity index (χ1) is 19.3. The van der Waals surface area contributed by atoms with E-state index in [1.165, 1.54) is 21.9 Å². The highest BCUT2D eigenvalue weighted by Crippen LogP contribution is 2.38. The summed E-state index contributed by atoms with van der Waals surface area (Å²) >= 11 is 1.72. The van der Waals surface area contributed by atoms with Gasteiger partial charge in [-0.1, -0.05) is 48.5 Å². The van der Waals surface area contributed by atoms with Gasteiger partial charge >= 0.3 is 0 Å².